The zero-order chi connectivity index (χ0) is 21.3. The van der Waals surface area contributed by atoms with E-state index in [0.29, 0.717) is 11.6 Å². The fraction of sp³-hybridized carbons (Fsp3) is 0.571. The molecule has 9 heteroatoms. The number of hydrogen-bond donors (Lipinski definition) is 3. The Labute approximate surface area is 173 Å². The van der Waals surface area contributed by atoms with Crippen LogP contribution in [0.25, 0.3) is 0 Å². The van der Waals surface area contributed by atoms with Crippen LogP contribution >= 0.6 is 0 Å². The lowest BCUT2D eigenvalue weighted by atomic mass is 9.84. The fourth-order valence-corrected chi connectivity index (χ4v) is 4.42. The second kappa shape index (κ2) is 8.81. The van der Waals surface area contributed by atoms with Crippen LogP contribution in [0, 0.1) is 0 Å². The number of rotatable bonds is 5. The van der Waals surface area contributed by atoms with Crippen molar-refractivity contribution in [2.45, 2.75) is 69.1 Å². The first-order chi connectivity index (χ1) is 14.5. The second-order valence-corrected chi connectivity index (χ2v) is 8.07. The van der Waals surface area contributed by atoms with Crippen molar-refractivity contribution < 1.29 is 20.1 Å². The summed E-state index contributed by atoms with van der Waals surface area (Å²) in [6, 6.07) is 5.15. The van der Waals surface area contributed by atoms with E-state index < -0.39 is 42.4 Å². The van der Waals surface area contributed by atoms with Gasteiger partial charge in [0.05, 0.1) is 18.8 Å². The first kappa shape index (κ1) is 20.9. The molecule has 2 aromatic heterocycles. The van der Waals surface area contributed by atoms with Gasteiger partial charge in [-0.3, -0.25) is 18.9 Å². The highest BCUT2D eigenvalue weighted by molar-refractivity contribution is 5.21. The zero-order valence-electron chi connectivity index (χ0n) is 16.6. The summed E-state index contributed by atoms with van der Waals surface area (Å²) in [4.78, 5) is 29.7. The maximum atomic E-state index is 13.0. The number of aliphatic hydroxyl groups is 3. The molecule has 0 spiro atoms. The van der Waals surface area contributed by atoms with Gasteiger partial charge in [0.1, 0.15) is 18.3 Å². The molecule has 4 rings (SSSR count). The smallest absolute Gasteiger partial charge is 0.333 e. The van der Waals surface area contributed by atoms with Gasteiger partial charge in [0.15, 0.2) is 6.23 Å². The molecule has 2 aromatic rings. The molecule has 0 aromatic carbocycles. The second-order valence-electron chi connectivity index (χ2n) is 8.07. The highest BCUT2D eigenvalue weighted by Crippen LogP contribution is 2.32. The van der Waals surface area contributed by atoms with Crippen LogP contribution in [0.4, 0.5) is 0 Å². The lowest BCUT2D eigenvalue weighted by Gasteiger charge is -2.22. The summed E-state index contributed by atoms with van der Waals surface area (Å²) in [5.41, 5.74) is 0.610. The van der Waals surface area contributed by atoms with E-state index in [1.54, 1.807) is 6.20 Å². The van der Waals surface area contributed by atoms with Gasteiger partial charge < -0.3 is 20.1 Å². The third-order valence-electron chi connectivity index (χ3n) is 6.12. The zero-order valence-corrected chi connectivity index (χ0v) is 16.6. The molecule has 2 fully saturated rings. The molecule has 0 unspecified atom stereocenters. The largest absolute Gasteiger partial charge is 0.394 e. The van der Waals surface area contributed by atoms with E-state index >= 15 is 0 Å². The summed E-state index contributed by atoms with van der Waals surface area (Å²) in [5, 5.41) is 29.5. The molecule has 1 aliphatic carbocycles. The SMILES string of the molecule is O=c1ccn([C@@H]2O[C@H](CO)[C@@H](O)[C@H]2O)c(=O)n1Cc1cc(C2CCCCC2)ccn1. The Morgan fingerprint density at radius 1 is 1.10 bits per heavy atom. The third kappa shape index (κ3) is 3.98. The molecule has 1 saturated carbocycles. The Bertz CT molecular complexity index is 997. The van der Waals surface area contributed by atoms with Crippen LogP contribution in [-0.2, 0) is 11.3 Å². The van der Waals surface area contributed by atoms with Crippen molar-refractivity contribution in [1.82, 2.24) is 14.1 Å². The van der Waals surface area contributed by atoms with Crippen LogP contribution in [0.2, 0.25) is 0 Å². The molecule has 30 heavy (non-hydrogen) atoms. The lowest BCUT2D eigenvalue weighted by Crippen LogP contribution is -2.43. The van der Waals surface area contributed by atoms with E-state index in [0.717, 1.165) is 22.0 Å². The van der Waals surface area contributed by atoms with Crippen LogP contribution in [0.1, 0.15) is 55.5 Å². The predicted octanol–water partition coefficient (Wildman–Crippen LogP) is 0.112. The van der Waals surface area contributed by atoms with Crippen LogP contribution < -0.4 is 11.2 Å². The van der Waals surface area contributed by atoms with Crippen LogP contribution in [0.3, 0.4) is 0 Å². The number of nitrogens with zero attached hydrogens (tertiary/aromatic N) is 3. The van der Waals surface area contributed by atoms with E-state index in [9.17, 15) is 24.9 Å². The monoisotopic (exact) mass is 417 g/mol. The highest BCUT2D eigenvalue weighted by Gasteiger charge is 2.43. The van der Waals surface area contributed by atoms with E-state index in [2.05, 4.69) is 4.98 Å². The van der Waals surface area contributed by atoms with Crippen molar-refractivity contribution in [3.8, 4) is 0 Å². The van der Waals surface area contributed by atoms with Crippen molar-refractivity contribution in [2.24, 2.45) is 0 Å². The average molecular weight is 417 g/mol. The number of hydrogen-bond acceptors (Lipinski definition) is 7. The molecule has 2 aliphatic rings. The summed E-state index contributed by atoms with van der Waals surface area (Å²) in [6.45, 7) is -0.505. The minimum atomic E-state index is -1.40. The molecule has 4 atom stereocenters. The molecular formula is C21H27N3O6. The third-order valence-corrected chi connectivity index (χ3v) is 6.12. The van der Waals surface area contributed by atoms with Gasteiger partial charge >= 0.3 is 5.69 Å². The normalized spacial score (nSPS) is 27.4. The Morgan fingerprint density at radius 2 is 1.87 bits per heavy atom. The van der Waals surface area contributed by atoms with Crippen LogP contribution in [-0.4, -0.2) is 54.4 Å². The molecule has 1 saturated heterocycles. The van der Waals surface area contributed by atoms with Crippen LogP contribution in [0.5, 0.6) is 0 Å². The minimum absolute atomic E-state index is 0.00609. The Kier molecular flexibility index (Phi) is 6.14. The number of aliphatic hydroxyl groups excluding tert-OH is 3. The molecule has 3 N–H and O–H groups in total. The lowest BCUT2D eigenvalue weighted by molar-refractivity contribution is -0.0555. The average Bonchev–Trinajstić information content (AvgIpc) is 3.06. The maximum Gasteiger partial charge on any atom is 0.333 e. The fourth-order valence-electron chi connectivity index (χ4n) is 4.42. The van der Waals surface area contributed by atoms with Gasteiger partial charge in [-0.2, -0.15) is 0 Å². The number of aromatic nitrogens is 3. The van der Waals surface area contributed by atoms with Crippen LogP contribution in [0.15, 0.2) is 40.2 Å². The summed E-state index contributed by atoms with van der Waals surface area (Å²) < 4.78 is 7.52. The number of ether oxygens (including phenoxy) is 1. The van der Waals surface area contributed by atoms with E-state index in [1.165, 1.54) is 37.1 Å². The van der Waals surface area contributed by atoms with Crippen molar-refractivity contribution in [2.75, 3.05) is 6.61 Å². The minimum Gasteiger partial charge on any atom is -0.394 e. The Morgan fingerprint density at radius 3 is 2.57 bits per heavy atom. The first-order valence-corrected chi connectivity index (χ1v) is 10.4. The van der Waals surface area contributed by atoms with Crippen molar-refractivity contribution in [1.29, 1.82) is 0 Å². The number of pyridine rings is 1. The van der Waals surface area contributed by atoms with Crippen molar-refractivity contribution in [3.63, 3.8) is 0 Å². The van der Waals surface area contributed by atoms with E-state index in [-0.39, 0.29) is 6.54 Å². The van der Waals surface area contributed by atoms with E-state index in [1.807, 2.05) is 12.1 Å². The van der Waals surface area contributed by atoms with Gasteiger partial charge in [0.2, 0.25) is 0 Å². The van der Waals surface area contributed by atoms with Crippen molar-refractivity contribution >= 4 is 0 Å². The van der Waals surface area contributed by atoms with Gasteiger partial charge in [0.25, 0.3) is 5.56 Å². The molecule has 0 radical (unpaired) electrons. The molecular weight excluding hydrogens is 390 g/mol. The molecule has 162 valence electrons. The molecule has 0 bridgehead atoms. The molecule has 0 amide bonds. The van der Waals surface area contributed by atoms with Gasteiger partial charge in [-0.25, -0.2) is 4.79 Å². The van der Waals surface area contributed by atoms with E-state index in [4.69, 9.17) is 4.74 Å². The quantitative estimate of drug-likeness (QED) is 0.630. The van der Waals surface area contributed by atoms with Gasteiger partial charge in [-0.15, -0.1) is 0 Å². The summed E-state index contributed by atoms with van der Waals surface area (Å²) in [5.74, 6) is 0.476. The predicted molar refractivity (Wildman–Crippen MR) is 107 cm³/mol. The van der Waals surface area contributed by atoms with Gasteiger partial charge in [-0.1, -0.05) is 19.3 Å². The topological polar surface area (TPSA) is 127 Å². The van der Waals surface area contributed by atoms with Gasteiger partial charge in [0, 0.05) is 18.5 Å². The summed E-state index contributed by atoms with van der Waals surface area (Å²) >= 11 is 0. The first-order valence-electron chi connectivity index (χ1n) is 10.4. The highest BCUT2D eigenvalue weighted by atomic mass is 16.6. The summed E-state index contributed by atoms with van der Waals surface area (Å²) in [6.07, 6.45) is 3.92. The molecule has 9 nitrogen and oxygen atoms in total. The maximum absolute atomic E-state index is 13.0. The standard InChI is InChI=1S/C21H27N3O6/c25-12-16-18(27)19(28)20(30-16)23-9-7-17(26)24(21(23)29)11-15-10-14(6-8-22-15)13-4-2-1-3-5-13/h6-10,13,16,18-20,25,27-28H,1-5,11-12H2/t16-,18-,19-,20-/m1/s1. The van der Waals surface area contributed by atoms with Gasteiger partial charge in [-0.05, 0) is 36.5 Å². The molecule has 1 aliphatic heterocycles. The Balaban J connectivity index is 1.62. The van der Waals surface area contributed by atoms with Crippen molar-refractivity contribution in [3.05, 3.63) is 62.7 Å². The molecule has 3 heterocycles. The summed E-state index contributed by atoms with van der Waals surface area (Å²) in [7, 11) is 0. The Hall–Kier alpha value is -2.33.